The number of hydrogen-bond donors (Lipinski definition) is 2. The smallest absolute Gasteiger partial charge is 0.292 e. The molecule has 0 atom stereocenters. The Morgan fingerprint density at radius 3 is 2.70 bits per heavy atom. The first-order valence-corrected chi connectivity index (χ1v) is 12.0. The predicted octanol–water partition coefficient (Wildman–Crippen LogP) is 4.04. The molecule has 3 aromatic carbocycles. The maximum absolute atomic E-state index is 14.1. The van der Waals surface area contributed by atoms with Crippen molar-refractivity contribution in [2.24, 2.45) is 5.10 Å². The fourth-order valence-corrected chi connectivity index (χ4v) is 3.90. The highest BCUT2D eigenvalue weighted by molar-refractivity contribution is 6.31. The van der Waals surface area contributed by atoms with Crippen LogP contribution in [0.5, 0.6) is 11.5 Å². The zero-order valence-electron chi connectivity index (χ0n) is 20.8. The van der Waals surface area contributed by atoms with E-state index in [0.29, 0.717) is 22.6 Å². The standard InChI is InChI=1S/C26H20ClFN8O4/c1-38-21-12-15(10-11-20(21)39-14-17-18(27)8-5-9-19(17)28)13-30-32-26(37)23-22(16-6-3-2-4-7-16)31-35-36(23)25-24(29)33-40-34-25/h2-13H,14H2,1H3,(H2,29,33)(H,32,37)/b30-13+. The van der Waals surface area contributed by atoms with E-state index >= 15 is 0 Å². The van der Waals surface area contributed by atoms with Crippen LogP contribution in [0.2, 0.25) is 5.02 Å². The van der Waals surface area contributed by atoms with Crippen LogP contribution in [0.1, 0.15) is 21.6 Å². The number of hydrogen-bond acceptors (Lipinski definition) is 10. The molecular formula is C26H20ClFN8O4. The molecule has 12 nitrogen and oxygen atoms in total. The minimum Gasteiger partial charge on any atom is -0.493 e. The number of rotatable bonds is 9. The van der Waals surface area contributed by atoms with Crippen LogP contribution in [-0.4, -0.2) is 44.5 Å². The van der Waals surface area contributed by atoms with Crippen molar-refractivity contribution >= 4 is 29.5 Å². The molecule has 1 amide bonds. The lowest BCUT2D eigenvalue weighted by Gasteiger charge is -2.12. The second kappa shape index (κ2) is 11.6. The quantitative estimate of drug-likeness (QED) is 0.200. The number of hydrazone groups is 1. The van der Waals surface area contributed by atoms with Crippen molar-refractivity contribution in [3.05, 3.63) is 94.4 Å². The van der Waals surface area contributed by atoms with E-state index in [1.54, 1.807) is 48.5 Å². The lowest BCUT2D eigenvalue weighted by Crippen LogP contribution is -2.22. The summed E-state index contributed by atoms with van der Waals surface area (Å²) in [5.74, 6) is -0.458. The van der Waals surface area contributed by atoms with Crippen molar-refractivity contribution in [2.75, 3.05) is 12.8 Å². The Labute approximate surface area is 231 Å². The molecule has 5 aromatic rings. The zero-order chi connectivity index (χ0) is 28.1. The van der Waals surface area contributed by atoms with Gasteiger partial charge in [-0.1, -0.05) is 53.2 Å². The van der Waals surface area contributed by atoms with Crippen molar-refractivity contribution in [2.45, 2.75) is 6.61 Å². The molecule has 40 heavy (non-hydrogen) atoms. The van der Waals surface area contributed by atoms with Gasteiger partial charge in [0.25, 0.3) is 5.91 Å². The number of nitrogens with one attached hydrogen (secondary N) is 1. The number of benzene rings is 3. The Bertz CT molecular complexity index is 1670. The molecule has 0 aliphatic heterocycles. The number of nitrogen functional groups attached to an aromatic ring is 1. The van der Waals surface area contributed by atoms with Crippen molar-refractivity contribution < 1.29 is 23.3 Å². The lowest BCUT2D eigenvalue weighted by atomic mass is 10.1. The lowest BCUT2D eigenvalue weighted by molar-refractivity contribution is 0.0947. The number of anilines is 1. The highest BCUT2D eigenvalue weighted by Gasteiger charge is 2.25. The first-order valence-electron chi connectivity index (χ1n) is 11.6. The molecule has 0 aliphatic rings. The van der Waals surface area contributed by atoms with Gasteiger partial charge in [-0.25, -0.2) is 14.4 Å². The summed E-state index contributed by atoms with van der Waals surface area (Å²) in [5, 5.41) is 19.7. The summed E-state index contributed by atoms with van der Waals surface area (Å²) in [6, 6.07) is 18.3. The minimum atomic E-state index is -0.642. The van der Waals surface area contributed by atoms with Crippen LogP contribution in [0, 0.1) is 5.82 Å². The number of halogens is 2. The molecule has 0 radical (unpaired) electrons. The van der Waals surface area contributed by atoms with E-state index in [1.807, 2.05) is 6.07 Å². The second-order valence-electron chi connectivity index (χ2n) is 8.14. The van der Waals surface area contributed by atoms with Gasteiger partial charge in [0, 0.05) is 11.1 Å². The molecule has 0 spiro atoms. The van der Waals surface area contributed by atoms with Gasteiger partial charge in [-0.2, -0.15) is 9.78 Å². The molecule has 14 heteroatoms. The van der Waals surface area contributed by atoms with E-state index in [4.69, 9.17) is 26.8 Å². The Balaban J connectivity index is 1.35. The molecule has 0 saturated heterocycles. The van der Waals surface area contributed by atoms with Crippen LogP contribution in [0.4, 0.5) is 10.2 Å². The molecule has 0 saturated carbocycles. The van der Waals surface area contributed by atoms with E-state index in [9.17, 15) is 9.18 Å². The summed E-state index contributed by atoms with van der Waals surface area (Å²) < 4.78 is 31.0. The maximum atomic E-state index is 14.1. The summed E-state index contributed by atoms with van der Waals surface area (Å²) in [5.41, 5.74) is 9.99. The van der Waals surface area contributed by atoms with Crippen LogP contribution in [-0.2, 0) is 6.61 Å². The number of nitrogens with zero attached hydrogens (tertiary/aromatic N) is 6. The number of amides is 1. The Kier molecular flexibility index (Phi) is 7.64. The Hall–Kier alpha value is -5.30. The van der Waals surface area contributed by atoms with Crippen molar-refractivity contribution in [3.63, 3.8) is 0 Å². The third-order valence-electron chi connectivity index (χ3n) is 5.63. The normalized spacial score (nSPS) is 11.1. The van der Waals surface area contributed by atoms with E-state index < -0.39 is 11.7 Å². The average Bonchev–Trinajstić information content (AvgIpc) is 3.59. The van der Waals surface area contributed by atoms with Gasteiger partial charge in [-0.3, -0.25) is 4.79 Å². The SMILES string of the molecule is COc1cc(/C=N/NC(=O)c2c(-c3ccccc3)nnn2-c2nonc2N)ccc1OCc1c(F)cccc1Cl. The molecule has 202 valence electrons. The van der Waals surface area contributed by atoms with Gasteiger partial charge in [-0.05, 0) is 46.2 Å². The fourth-order valence-electron chi connectivity index (χ4n) is 3.68. The summed E-state index contributed by atoms with van der Waals surface area (Å²) in [7, 11) is 1.46. The highest BCUT2D eigenvalue weighted by atomic mass is 35.5. The molecule has 0 aliphatic carbocycles. The Morgan fingerprint density at radius 2 is 1.98 bits per heavy atom. The van der Waals surface area contributed by atoms with Crippen LogP contribution >= 0.6 is 11.6 Å². The molecule has 3 N–H and O–H groups in total. The third kappa shape index (κ3) is 5.44. The van der Waals surface area contributed by atoms with Crippen molar-refractivity contribution in [1.29, 1.82) is 0 Å². The van der Waals surface area contributed by atoms with E-state index in [0.717, 1.165) is 4.68 Å². The van der Waals surface area contributed by atoms with E-state index in [-0.39, 0.29) is 40.2 Å². The second-order valence-corrected chi connectivity index (χ2v) is 8.54. The molecule has 0 unspecified atom stereocenters. The maximum Gasteiger partial charge on any atom is 0.292 e. The molecular weight excluding hydrogens is 543 g/mol. The van der Waals surface area contributed by atoms with E-state index in [1.165, 1.54) is 25.5 Å². The van der Waals surface area contributed by atoms with E-state index in [2.05, 4.69) is 35.8 Å². The summed E-state index contributed by atoms with van der Waals surface area (Å²) in [4.78, 5) is 13.2. The number of methoxy groups -OCH3 is 1. The van der Waals surface area contributed by atoms with Gasteiger partial charge in [0.1, 0.15) is 18.1 Å². The number of nitrogens with two attached hydrogens (primary N) is 1. The first-order chi connectivity index (χ1) is 19.5. The summed E-state index contributed by atoms with van der Waals surface area (Å²) >= 11 is 6.08. The van der Waals surface area contributed by atoms with Crippen LogP contribution in [0.25, 0.3) is 17.1 Å². The minimum absolute atomic E-state index is 0.000748. The number of carbonyl (C=O) groups is 1. The predicted molar refractivity (Wildman–Crippen MR) is 143 cm³/mol. The average molecular weight is 563 g/mol. The van der Waals surface area contributed by atoms with Gasteiger partial charge in [-0.15, -0.1) is 5.10 Å². The highest BCUT2D eigenvalue weighted by Crippen LogP contribution is 2.30. The van der Waals surface area contributed by atoms with Crippen LogP contribution < -0.4 is 20.6 Å². The van der Waals surface area contributed by atoms with Gasteiger partial charge in [0.05, 0.1) is 18.3 Å². The number of carbonyl (C=O) groups excluding carboxylic acids is 1. The topological polar surface area (TPSA) is 156 Å². The van der Waals surface area contributed by atoms with Gasteiger partial charge in [0.15, 0.2) is 17.2 Å². The molecule has 0 bridgehead atoms. The number of aromatic nitrogens is 5. The molecule has 0 fully saturated rings. The summed E-state index contributed by atoms with van der Waals surface area (Å²) in [6.45, 7) is -0.0949. The molecule has 2 heterocycles. The molecule has 2 aromatic heterocycles. The van der Waals surface area contributed by atoms with Crippen LogP contribution in [0.15, 0.2) is 76.5 Å². The van der Waals surface area contributed by atoms with Crippen molar-refractivity contribution in [3.8, 4) is 28.6 Å². The first kappa shape index (κ1) is 26.3. The van der Waals surface area contributed by atoms with Gasteiger partial charge < -0.3 is 15.2 Å². The third-order valence-corrected chi connectivity index (χ3v) is 5.98. The van der Waals surface area contributed by atoms with Crippen molar-refractivity contribution in [1.82, 2.24) is 30.7 Å². The van der Waals surface area contributed by atoms with Gasteiger partial charge >= 0.3 is 0 Å². The van der Waals surface area contributed by atoms with Crippen LogP contribution in [0.3, 0.4) is 0 Å². The zero-order valence-corrected chi connectivity index (χ0v) is 21.5. The molecule has 5 rings (SSSR count). The monoisotopic (exact) mass is 562 g/mol. The number of ether oxygens (including phenoxy) is 2. The Morgan fingerprint density at radius 1 is 1.15 bits per heavy atom. The van der Waals surface area contributed by atoms with Gasteiger partial charge in [0.2, 0.25) is 11.6 Å². The largest absolute Gasteiger partial charge is 0.493 e. The fraction of sp³-hybridized carbons (Fsp3) is 0.0769. The summed E-state index contributed by atoms with van der Waals surface area (Å²) in [6.07, 6.45) is 1.40.